The summed E-state index contributed by atoms with van der Waals surface area (Å²) in [5, 5.41) is 9.14. The van der Waals surface area contributed by atoms with Gasteiger partial charge in [0, 0.05) is 25.6 Å². The van der Waals surface area contributed by atoms with Gasteiger partial charge in [0.1, 0.15) is 0 Å². The zero-order valence-corrected chi connectivity index (χ0v) is 9.58. The summed E-state index contributed by atoms with van der Waals surface area (Å²) < 4.78 is 5.14. The fourth-order valence-electron chi connectivity index (χ4n) is 1.38. The lowest BCUT2D eigenvalue weighted by atomic mass is 10.4. The van der Waals surface area contributed by atoms with Gasteiger partial charge in [-0.25, -0.2) is 0 Å². The van der Waals surface area contributed by atoms with Crippen molar-refractivity contribution in [2.75, 3.05) is 12.3 Å². The van der Waals surface area contributed by atoms with Crippen LogP contribution in [0, 0.1) is 11.5 Å². The molecule has 82 valence electrons. The van der Waals surface area contributed by atoms with E-state index < -0.39 is 0 Å². The molecule has 0 aliphatic carbocycles. The molecule has 0 spiro atoms. The standard InChI is InChI=1S/C9H13N3O2S/c1-3-8(14-7(2)13)12-4-5-15-9(12)11-6-10/h8H,3-5H2,1-2H3. The Hall–Kier alpha value is -1.22. The molecule has 0 aromatic heterocycles. The van der Waals surface area contributed by atoms with Crippen molar-refractivity contribution in [2.45, 2.75) is 26.5 Å². The average Bonchev–Trinajstić information content (AvgIpc) is 2.63. The number of rotatable bonds is 3. The molecule has 5 nitrogen and oxygen atoms in total. The zero-order chi connectivity index (χ0) is 11.3. The highest BCUT2D eigenvalue weighted by molar-refractivity contribution is 8.14. The first-order valence-electron chi connectivity index (χ1n) is 4.72. The predicted octanol–water partition coefficient (Wildman–Crippen LogP) is 1.17. The molecule has 1 rings (SSSR count). The van der Waals surface area contributed by atoms with E-state index in [2.05, 4.69) is 4.99 Å². The molecule has 0 aromatic rings. The molecule has 1 heterocycles. The van der Waals surface area contributed by atoms with Crippen LogP contribution in [0.15, 0.2) is 4.99 Å². The highest BCUT2D eigenvalue weighted by atomic mass is 32.2. The fourth-order valence-corrected chi connectivity index (χ4v) is 2.33. The van der Waals surface area contributed by atoms with E-state index in [0.717, 1.165) is 12.3 Å². The van der Waals surface area contributed by atoms with Gasteiger partial charge < -0.3 is 9.64 Å². The minimum Gasteiger partial charge on any atom is -0.442 e. The van der Waals surface area contributed by atoms with Crippen LogP contribution < -0.4 is 0 Å². The molecule has 1 aliphatic rings. The van der Waals surface area contributed by atoms with E-state index >= 15 is 0 Å². The van der Waals surface area contributed by atoms with E-state index in [4.69, 9.17) is 10.00 Å². The van der Waals surface area contributed by atoms with E-state index in [9.17, 15) is 4.79 Å². The van der Waals surface area contributed by atoms with Crippen LogP contribution in [0.1, 0.15) is 20.3 Å². The quantitative estimate of drug-likeness (QED) is 0.535. The molecule has 0 amide bonds. The van der Waals surface area contributed by atoms with Crippen molar-refractivity contribution in [3.8, 4) is 6.19 Å². The lowest BCUT2D eigenvalue weighted by Crippen LogP contribution is -2.38. The summed E-state index contributed by atoms with van der Waals surface area (Å²) in [6.45, 7) is 4.07. The first-order chi connectivity index (χ1) is 7.19. The van der Waals surface area contributed by atoms with Gasteiger partial charge in [-0.05, 0) is 0 Å². The second kappa shape index (κ2) is 5.61. The number of amidine groups is 1. The summed E-state index contributed by atoms with van der Waals surface area (Å²) in [5.74, 6) is 0.563. The minimum atomic E-state index is -0.310. The van der Waals surface area contributed by atoms with E-state index in [1.165, 1.54) is 18.7 Å². The topological polar surface area (TPSA) is 65.7 Å². The number of carbonyl (C=O) groups excluding carboxylic acids is 1. The molecule has 1 atom stereocenters. The number of ether oxygens (including phenoxy) is 1. The van der Waals surface area contributed by atoms with Gasteiger partial charge in [-0.1, -0.05) is 18.7 Å². The van der Waals surface area contributed by atoms with Gasteiger partial charge >= 0.3 is 5.97 Å². The van der Waals surface area contributed by atoms with E-state index in [0.29, 0.717) is 11.6 Å². The van der Waals surface area contributed by atoms with Crippen molar-refractivity contribution in [3.63, 3.8) is 0 Å². The van der Waals surface area contributed by atoms with Crippen LogP contribution >= 0.6 is 11.8 Å². The van der Waals surface area contributed by atoms with Gasteiger partial charge in [0.2, 0.25) is 6.19 Å². The van der Waals surface area contributed by atoms with E-state index in [1.807, 2.05) is 11.8 Å². The van der Waals surface area contributed by atoms with Crippen LogP contribution in [-0.4, -0.2) is 34.6 Å². The number of carbonyl (C=O) groups is 1. The number of nitriles is 1. The SMILES string of the molecule is CCC(OC(C)=O)N1CCSC1=NC#N. The molecule has 0 radical (unpaired) electrons. The van der Waals surface area contributed by atoms with Crippen LogP contribution in [0.5, 0.6) is 0 Å². The molecule has 1 saturated heterocycles. The Bertz CT molecular complexity index is 311. The highest BCUT2D eigenvalue weighted by Gasteiger charge is 2.27. The number of aliphatic imine (C=N–C) groups is 1. The summed E-state index contributed by atoms with van der Waals surface area (Å²) in [6.07, 6.45) is 2.14. The highest BCUT2D eigenvalue weighted by Crippen LogP contribution is 2.22. The number of esters is 1. The maximum atomic E-state index is 10.9. The Morgan fingerprint density at radius 2 is 2.60 bits per heavy atom. The van der Waals surface area contributed by atoms with Crippen molar-refractivity contribution in [1.82, 2.24) is 4.90 Å². The van der Waals surface area contributed by atoms with Crippen molar-refractivity contribution in [2.24, 2.45) is 4.99 Å². The number of thioether (sulfide) groups is 1. The summed E-state index contributed by atoms with van der Waals surface area (Å²) >= 11 is 1.51. The summed E-state index contributed by atoms with van der Waals surface area (Å²) in [7, 11) is 0. The molecule has 1 fully saturated rings. The fraction of sp³-hybridized carbons (Fsp3) is 0.667. The maximum absolute atomic E-state index is 10.9. The molecule has 15 heavy (non-hydrogen) atoms. The van der Waals surface area contributed by atoms with Gasteiger partial charge in [-0.3, -0.25) is 4.79 Å². The molecule has 0 aromatic carbocycles. The maximum Gasteiger partial charge on any atom is 0.304 e. The molecule has 0 bridgehead atoms. The van der Waals surface area contributed by atoms with Crippen molar-refractivity contribution >= 4 is 22.9 Å². The number of hydrogen-bond acceptors (Lipinski definition) is 5. The van der Waals surface area contributed by atoms with Crippen LogP contribution in [0.4, 0.5) is 0 Å². The summed E-state index contributed by atoms with van der Waals surface area (Å²) in [6, 6.07) is 0. The third-order valence-corrected chi connectivity index (χ3v) is 2.92. The first-order valence-corrected chi connectivity index (χ1v) is 5.71. The molecular formula is C9H13N3O2S. The van der Waals surface area contributed by atoms with Crippen molar-refractivity contribution in [1.29, 1.82) is 5.26 Å². The molecule has 1 unspecified atom stereocenters. The van der Waals surface area contributed by atoms with Gasteiger partial charge in [0.05, 0.1) is 0 Å². The largest absolute Gasteiger partial charge is 0.442 e. The lowest BCUT2D eigenvalue weighted by molar-refractivity contribution is -0.152. The number of hydrogen-bond donors (Lipinski definition) is 0. The Kier molecular flexibility index (Phi) is 4.43. The summed E-state index contributed by atoms with van der Waals surface area (Å²) in [4.78, 5) is 16.4. The monoisotopic (exact) mass is 227 g/mol. The minimum absolute atomic E-state index is 0.301. The molecule has 6 heteroatoms. The molecule has 0 saturated carbocycles. The average molecular weight is 227 g/mol. The smallest absolute Gasteiger partial charge is 0.304 e. The molecule has 0 N–H and O–H groups in total. The first kappa shape index (κ1) is 11.9. The van der Waals surface area contributed by atoms with Crippen molar-refractivity contribution in [3.05, 3.63) is 0 Å². The summed E-state index contributed by atoms with van der Waals surface area (Å²) in [5.41, 5.74) is 0. The third kappa shape index (κ3) is 3.13. The Morgan fingerprint density at radius 1 is 1.87 bits per heavy atom. The lowest BCUT2D eigenvalue weighted by Gasteiger charge is -2.26. The van der Waals surface area contributed by atoms with Crippen LogP contribution in [0.3, 0.4) is 0 Å². The molecule has 1 aliphatic heterocycles. The van der Waals surface area contributed by atoms with Gasteiger partial charge in [0.15, 0.2) is 11.4 Å². The van der Waals surface area contributed by atoms with E-state index in [-0.39, 0.29) is 12.2 Å². The second-order valence-electron chi connectivity index (χ2n) is 3.01. The van der Waals surface area contributed by atoms with Crippen LogP contribution in [0.2, 0.25) is 0 Å². The van der Waals surface area contributed by atoms with Gasteiger partial charge in [0.25, 0.3) is 0 Å². The number of nitrogens with zero attached hydrogens (tertiary/aromatic N) is 3. The van der Waals surface area contributed by atoms with E-state index in [1.54, 1.807) is 6.19 Å². The Labute approximate surface area is 93.1 Å². The molecular weight excluding hydrogens is 214 g/mol. The Balaban J connectivity index is 2.71. The van der Waals surface area contributed by atoms with Crippen LogP contribution in [-0.2, 0) is 9.53 Å². The normalized spacial score (nSPS) is 20.1. The zero-order valence-electron chi connectivity index (χ0n) is 8.77. The van der Waals surface area contributed by atoms with Gasteiger partial charge in [-0.2, -0.15) is 5.26 Å². The Morgan fingerprint density at radius 3 is 3.13 bits per heavy atom. The third-order valence-electron chi connectivity index (χ3n) is 1.95. The van der Waals surface area contributed by atoms with Crippen molar-refractivity contribution < 1.29 is 9.53 Å². The van der Waals surface area contributed by atoms with Gasteiger partial charge in [-0.15, -0.1) is 4.99 Å². The van der Waals surface area contributed by atoms with Crippen LogP contribution in [0.25, 0.3) is 0 Å². The predicted molar refractivity (Wildman–Crippen MR) is 58.1 cm³/mol. The second-order valence-corrected chi connectivity index (χ2v) is 4.07.